The molecule has 1 saturated heterocycles. The van der Waals surface area contributed by atoms with Gasteiger partial charge in [-0.15, -0.1) is 0 Å². The van der Waals surface area contributed by atoms with Gasteiger partial charge in [0.25, 0.3) is 0 Å². The van der Waals surface area contributed by atoms with E-state index >= 15 is 0 Å². The van der Waals surface area contributed by atoms with Crippen LogP contribution in [0.1, 0.15) is 65.2 Å². The third-order valence-electron chi connectivity index (χ3n) is 4.73. The number of hydrogen-bond acceptors (Lipinski definition) is 2. The largest absolute Gasteiger partial charge is 0.325 e. The zero-order valence-electron chi connectivity index (χ0n) is 12.0. The van der Waals surface area contributed by atoms with Crippen molar-refractivity contribution in [2.75, 3.05) is 6.67 Å². The normalized spacial score (nSPS) is 33.1. The first-order chi connectivity index (χ1) is 8.77. The summed E-state index contributed by atoms with van der Waals surface area (Å²) in [4.78, 5) is 14.6. The minimum atomic E-state index is 0.101. The summed E-state index contributed by atoms with van der Waals surface area (Å²) in [5.41, 5.74) is 0. The van der Waals surface area contributed by atoms with Crippen molar-refractivity contribution in [3.05, 3.63) is 0 Å². The molecule has 3 unspecified atom stereocenters. The fourth-order valence-electron chi connectivity index (χ4n) is 3.56. The molecule has 2 aliphatic rings. The van der Waals surface area contributed by atoms with E-state index in [4.69, 9.17) is 0 Å². The molecule has 3 atom stereocenters. The summed E-state index contributed by atoms with van der Waals surface area (Å²) >= 11 is 0. The highest BCUT2D eigenvalue weighted by molar-refractivity contribution is 5.84. The summed E-state index contributed by atoms with van der Waals surface area (Å²) in [5, 5.41) is 3.41. The fraction of sp³-hybridized carbons (Fsp3) is 0.933. The average molecular weight is 252 g/mol. The lowest BCUT2D eigenvalue weighted by atomic mass is 9.82. The molecule has 0 spiro atoms. The predicted molar refractivity (Wildman–Crippen MR) is 74.2 cm³/mol. The number of unbranched alkanes of at least 4 members (excludes halogenated alkanes) is 1. The number of amides is 1. The number of hydrogen-bond donors (Lipinski definition) is 1. The van der Waals surface area contributed by atoms with E-state index in [1.165, 1.54) is 38.5 Å². The molecule has 1 aliphatic heterocycles. The molecule has 104 valence electrons. The van der Waals surface area contributed by atoms with E-state index in [1.54, 1.807) is 0 Å². The molecular weight excluding hydrogens is 224 g/mol. The van der Waals surface area contributed by atoms with Crippen molar-refractivity contribution in [1.29, 1.82) is 0 Å². The van der Waals surface area contributed by atoms with Gasteiger partial charge in [-0.05, 0) is 25.2 Å². The van der Waals surface area contributed by atoms with Crippen LogP contribution in [0.2, 0.25) is 0 Å². The molecule has 1 amide bonds. The van der Waals surface area contributed by atoms with Gasteiger partial charge >= 0.3 is 0 Å². The summed E-state index contributed by atoms with van der Waals surface area (Å²) in [6, 6.07) is 0.611. The molecule has 3 heteroatoms. The number of nitrogens with zero attached hydrogens (tertiary/aromatic N) is 1. The summed E-state index contributed by atoms with van der Waals surface area (Å²) in [6.45, 7) is 5.24. The lowest BCUT2D eigenvalue weighted by molar-refractivity contribution is -0.132. The molecule has 1 saturated carbocycles. The molecule has 0 aromatic rings. The average Bonchev–Trinajstić information content (AvgIpc) is 2.77. The highest BCUT2D eigenvalue weighted by Gasteiger charge is 2.38. The standard InChI is InChI=1S/C15H28N2O/c1-3-5-9-13-15(18)17(11-16-13)14-10-7-6-8-12(14)4-2/h12-14,16H,3-11H2,1-2H3. The van der Waals surface area contributed by atoms with Crippen LogP contribution in [0.25, 0.3) is 0 Å². The third-order valence-corrected chi connectivity index (χ3v) is 4.73. The van der Waals surface area contributed by atoms with Gasteiger partial charge in [0.2, 0.25) is 5.91 Å². The maximum Gasteiger partial charge on any atom is 0.241 e. The molecule has 1 heterocycles. The number of nitrogens with one attached hydrogen (secondary N) is 1. The first-order valence-electron chi connectivity index (χ1n) is 7.81. The van der Waals surface area contributed by atoms with E-state index < -0.39 is 0 Å². The first-order valence-corrected chi connectivity index (χ1v) is 7.81. The van der Waals surface area contributed by atoms with Crippen LogP contribution in [-0.4, -0.2) is 29.6 Å². The monoisotopic (exact) mass is 252 g/mol. The molecule has 0 bridgehead atoms. The van der Waals surface area contributed by atoms with Crippen LogP contribution >= 0.6 is 0 Å². The van der Waals surface area contributed by atoms with Gasteiger partial charge in [0.05, 0.1) is 12.7 Å². The molecule has 0 aromatic carbocycles. The Morgan fingerprint density at radius 3 is 2.78 bits per heavy atom. The molecule has 2 rings (SSSR count). The van der Waals surface area contributed by atoms with Crippen LogP contribution in [0.3, 0.4) is 0 Å². The van der Waals surface area contributed by atoms with Gasteiger partial charge in [-0.1, -0.05) is 46.0 Å². The first kappa shape index (κ1) is 13.9. The zero-order valence-corrected chi connectivity index (χ0v) is 12.0. The van der Waals surface area contributed by atoms with E-state index in [9.17, 15) is 4.79 Å². The Hall–Kier alpha value is -0.570. The minimum absolute atomic E-state index is 0.101. The van der Waals surface area contributed by atoms with E-state index in [0.717, 1.165) is 25.4 Å². The lowest BCUT2D eigenvalue weighted by Gasteiger charge is -2.37. The lowest BCUT2D eigenvalue weighted by Crippen LogP contribution is -2.44. The predicted octanol–water partition coefficient (Wildman–Crippen LogP) is 2.90. The maximum absolute atomic E-state index is 12.4. The maximum atomic E-state index is 12.4. The van der Waals surface area contributed by atoms with Crippen molar-refractivity contribution >= 4 is 5.91 Å². The number of carbonyl (C=O) groups excluding carboxylic acids is 1. The van der Waals surface area contributed by atoms with Gasteiger partial charge in [0.1, 0.15) is 0 Å². The van der Waals surface area contributed by atoms with Crippen LogP contribution in [0.5, 0.6) is 0 Å². The second-order valence-electron chi connectivity index (χ2n) is 5.89. The van der Waals surface area contributed by atoms with E-state index in [1.807, 2.05) is 0 Å². The second-order valence-corrected chi connectivity index (χ2v) is 5.89. The van der Waals surface area contributed by atoms with Gasteiger partial charge in [0, 0.05) is 6.04 Å². The highest BCUT2D eigenvalue weighted by atomic mass is 16.2. The van der Waals surface area contributed by atoms with E-state index in [2.05, 4.69) is 24.1 Å². The summed E-state index contributed by atoms with van der Waals surface area (Å²) < 4.78 is 0. The smallest absolute Gasteiger partial charge is 0.241 e. The summed E-state index contributed by atoms with van der Waals surface area (Å²) in [7, 11) is 0. The van der Waals surface area contributed by atoms with Crippen LogP contribution in [0, 0.1) is 5.92 Å². The molecular formula is C15H28N2O. The molecule has 1 N–H and O–H groups in total. The molecule has 3 nitrogen and oxygen atoms in total. The van der Waals surface area contributed by atoms with Crippen molar-refractivity contribution in [1.82, 2.24) is 10.2 Å². The Morgan fingerprint density at radius 1 is 1.28 bits per heavy atom. The summed E-state index contributed by atoms with van der Waals surface area (Å²) in [5.74, 6) is 1.10. The van der Waals surface area contributed by atoms with Gasteiger partial charge in [-0.3, -0.25) is 10.1 Å². The van der Waals surface area contributed by atoms with E-state index in [0.29, 0.717) is 11.9 Å². The Balaban J connectivity index is 1.94. The van der Waals surface area contributed by atoms with Crippen molar-refractivity contribution < 1.29 is 4.79 Å². The molecule has 1 aliphatic carbocycles. The third kappa shape index (κ3) is 2.87. The Bertz CT molecular complexity index is 280. The molecule has 18 heavy (non-hydrogen) atoms. The fourth-order valence-corrected chi connectivity index (χ4v) is 3.56. The van der Waals surface area contributed by atoms with Gasteiger partial charge in [-0.25, -0.2) is 0 Å². The zero-order chi connectivity index (χ0) is 13.0. The SMILES string of the molecule is CCCCC1NCN(C2CCCCC2CC)C1=O. The topological polar surface area (TPSA) is 32.3 Å². The van der Waals surface area contributed by atoms with Gasteiger partial charge in [-0.2, -0.15) is 0 Å². The molecule has 2 fully saturated rings. The Labute approximate surface area is 111 Å². The number of rotatable bonds is 5. The van der Waals surface area contributed by atoms with Crippen LogP contribution in [0.4, 0.5) is 0 Å². The van der Waals surface area contributed by atoms with Crippen molar-refractivity contribution in [2.45, 2.75) is 77.3 Å². The number of carbonyl (C=O) groups is 1. The summed E-state index contributed by atoms with van der Waals surface area (Å²) in [6.07, 6.45) is 9.72. The van der Waals surface area contributed by atoms with Crippen LogP contribution in [-0.2, 0) is 4.79 Å². The Kier molecular flexibility index (Phi) is 5.04. The van der Waals surface area contributed by atoms with Crippen molar-refractivity contribution in [3.8, 4) is 0 Å². The Morgan fingerprint density at radius 2 is 2.06 bits per heavy atom. The van der Waals surface area contributed by atoms with Gasteiger partial charge < -0.3 is 4.90 Å². The molecule has 0 aromatic heterocycles. The highest BCUT2D eigenvalue weighted by Crippen LogP contribution is 2.32. The van der Waals surface area contributed by atoms with Crippen LogP contribution < -0.4 is 5.32 Å². The second kappa shape index (κ2) is 6.55. The van der Waals surface area contributed by atoms with Crippen molar-refractivity contribution in [3.63, 3.8) is 0 Å². The van der Waals surface area contributed by atoms with Crippen molar-refractivity contribution in [2.24, 2.45) is 5.92 Å². The van der Waals surface area contributed by atoms with E-state index in [-0.39, 0.29) is 6.04 Å². The quantitative estimate of drug-likeness (QED) is 0.816. The molecule has 0 radical (unpaired) electrons. The van der Waals surface area contributed by atoms with Gasteiger partial charge in [0.15, 0.2) is 0 Å². The van der Waals surface area contributed by atoms with Crippen LogP contribution in [0.15, 0.2) is 0 Å². The minimum Gasteiger partial charge on any atom is -0.325 e.